The molecule has 128 valence electrons. The first kappa shape index (κ1) is 16.5. The van der Waals surface area contributed by atoms with Crippen LogP contribution in [0.2, 0.25) is 0 Å². The Bertz CT molecular complexity index is 652. The van der Waals surface area contributed by atoms with Gasteiger partial charge in [0, 0.05) is 12.6 Å². The van der Waals surface area contributed by atoms with Gasteiger partial charge in [0.15, 0.2) is 0 Å². The van der Waals surface area contributed by atoms with Crippen molar-refractivity contribution in [2.75, 3.05) is 13.2 Å². The maximum Gasteiger partial charge on any atom is 0.334 e. The number of amides is 4. The molecule has 1 aromatic carbocycles. The number of urea groups is 1. The molecule has 2 aliphatic rings. The molecule has 2 fully saturated rings. The Morgan fingerprint density at radius 3 is 2.50 bits per heavy atom. The Labute approximate surface area is 141 Å². The van der Waals surface area contributed by atoms with E-state index in [1.54, 1.807) is 0 Å². The summed E-state index contributed by atoms with van der Waals surface area (Å²) in [4.78, 5) is 38.8. The molecule has 1 saturated carbocycles. The van der Waals surface area contributed by atoms with Gasteiger partial charge in [0.2, 0.25) is 0 Å². The van der Waals surface area contributed by atoms with Gasteiger partial charge in [-0.3, -0.25) is 19.4 Å². The number of benzene rings is 1. The highest BCUT2D eigenvalue weighted by atomic mass is 16.5. The molecule has 1 heterocycles. The van der Waals surface area contributed by atoms with Crippen LogP contribution >= 0.6 is 0 Å². The van der Waals surface area contributed by atoms with Crippen molar-refractivity contribution in [1.82, 2.24) is 9.80 Å². The van der Waals surface area contributed by atoms with Crippen LogP contribution < -0.4 is 4.74 Å². The van der Waals surface area contributed by atoms with Crippen molar-refractivity contribution in [1.29, 1.82) is 0 Å². The van der Waals surface area contributed by atoms with E-state index in [0.717, 1.165) is 46.8 Å². The quantitative estimate of drug-likeness (QED) is 0.457. The van der Waals surface area contributed by atoms with E-state index in [4.69, 9.17) is 4.74 Å². The highest BCUT2D eigenvalue weighted by Gasteiger charge is 2.47. The predicted molar refractivity (Wildman–Crippen MR) is 87.5 cm³/mol. The summed E-state index contributed by atoms with van der Waals surface area (Å²) in [6.45, 7) is 2.55. The molecule has 0 N–H and O–H groups in total. The SMILES string of the molecule is Cc1ccccc1OCCCN1C(=O)C(=O)N(C2CCCC2)C1=O. The molecule has 1 saturated heterocycles. The number of carbonyl (C=O) groups excluding carboxylic acids is 3. The van der Waals surface area contributed by atoms with Gasteiger partial charge in [-0.2, -0.15) is 0 Å². The van der Waals surface area contributed by atoms with Gasteiger partial charge < -0.3 is 4.74 Å². The average molecular weight is 330 g/mol. The third-order valence-electron chi connectivity index (χ3n) is 4.65. The molecule has 4 amide bonds. The molecule has 1 aromatic rings. The summed E-state index contributed by atoms with van der Waals surface area (Å²) in [7, 11) is 0. The Morgan fingerprint density at radius 1 is 1.08 bits per heavy atom. The monoisotopic (exact) mass is 330 g/mol. The van der Waals surface area contributed by atoms with Crippen LogP contribution in [0.25, 0.3) is 0 Å². The lowest BCUT2D eigenvalue weighted by molar-refractivity contribution is -0.144. The number of rotatable bonds is 6. The van der Waals surface area contributed by atoms with E-state index in [0.29, 0.717) is 13.0 Å². The van der Waals surface area contributed by atoms with Crippen molar-refractivity contribution in [3.63, 3.8) is 0 Å². The molecular formula is C18H22N2O4. The van der Waals surface area contributed by atoms with E-state index in [2.05, 4.69) is 0 Å². The van der Waals surface area contributed by atoms with Gasteiger partial charge in [0.25, 0.3) is 0 Å². The number of aryl methyl sites for hydroxylation is 1. The van der Waals surface area contributed by atoms with Gasteiger partial charge in [-0.05, 0) is 37.8 Å². The van der Waals surface area contributed by atoms with Crippen molar-refractivity contribution in [3.8, 4) is 5.75 Å². The minimum Gasteiger partial charge on any atom is -0.493 e. The Morgan fingerprint density at radius 2 is 1.79 bits per heavy atom. The minimum atomic E-state index is -0.706. The zero-order chi connectivity index (χ0) is 17.1. The Kier molecular flexibility index (Phi) is 4.83. The molecule has 0 aromatic heterocycles. The van der Waals surface area contributed by atoms with Crippen LogP contribution in [0.15, 0.2) is 24.3 Å². The highest BCUT2D eigenvalue weighted by Crippen LogP contribution is 2.27. The van der Waals surface area contributed by atoms with Gasteiger partial charge in [0.05, 0.1) is 6.61 Å². The van der Waals surface area contributed by atoms with Crippen molar-refractivity contribution in [3.05, 3.63) is 29.8 Å². The third kappa shape index (κ3) is 3.13. The lowest BCUT2D eigenvalue weighted by Crippen LogP contribution is -2.40. The lowest BCUT2D eigenvalue weighted by atomic mass is 10.2. The van der Waals surface area contributed by atoms with Gasteiger partial charge in [0.1, 0.15) is 5.75 Å². The van der Waals surface area contributed by atoms with E-state index < -0.39 is 17.8 Å². The molecule has 0 unspecified atom stereocenters. The topological polar surface area (TPSA) is 66.9 Å². The van der Waals surface area contributed by atoms with E-state index in [1.807, 2.05) is 31.2 Å². The van der Waals surface area contributed by atoms with Crippen LogP contribution in [0, 0.1) is 6.92 Å². The summed E-state index contributed by atoms with van der Waals surface area (Å²) in [5.74, 6) is -0.588. The lowest BCUT2D eigenvalue weighted by Gasteiger charge is -2.21. The molecular weight excluding hydrogens is 308 g/mol. The van der Waals surface area contributed by atoms with Crippen LogP contribution in [0.4, 0.5) is 4.79 Å². The van der Waals surface area contributed by atoms with Crippen LogP contribution in [0.1, 0.15) is 37.7 Å². The zero-order valence-electron chi connectivity index (χ0n) is 13.9. The standard InChI is InChI=1S/C18H22N2O4/c1-13-7-2-5-10-15(13)24-12-6-11-19-16(21)17(22)20(18(19)23)14-8-3-4-9-14/h2,5,7,10,14H,3-4,6,8-9,11-12H2,1H3. The number of nitrogens with zero attached hydrogens (tertiary/aromatic N) is 2. The number of imide groups is 2. The van der Waals surface area contributed by atoms with Crippen molar-refractivity contribution in [2.45, 2.75) is 45.1 Å². The molecule has 0 bridgehead atoms. The Hall–Kier alpha value is -2.37. The maximum absolute atomic E-state index is 12.4. The molecule has 0 spiro atoms. The molecule has 0 atom stereocenters. The number of carbonyl (C=O) groups is 3. The van der Waals surface area contributed by atoms with Gasteiger partial charge >= 0.3 is 17.8 Å². The summed E-state index contributed by atoms with van der Waals surface area (Å²) < 4.78 is 5.67. The van der Waals surface area contributed by atoms with Crippen LogP contribution in [-0.2, 0) is 9.59 Å². The fraction of sp³-hybridized carbons (Fsp3) is 0.500. The smallest absolute Gasteiger partial charge is 0.334 e. The molecule has 6 heteroatoms. The highest BCUT2D eigenvalue weighted by molar-refractivity contribution is 6.44. The van der Waals surface area contributed by atoms with E-state index >= 15 is 0 Å². The summed E-state index contributed by atoms with van der Waals surface area (Å²) in [6, 6.07) is 7.10. The number of hydrogen-bond donors (Lipinski definition) is 0. The second kappa shape index (κ2) is 7.03. The molecule has 3 rings (SSSR count). The number of para-hydroxylation sites is 1. The fourth-order valence-corrected chi connectivity index (χ4v) is 3.33. The predicted octanol–water partition coefficient (Wildman–Crippen LogP) is 2.50. The first-order valence-corrected chi connectivity index (χ1v) is 8.47. The van der Waals surface area contributed by atoms with Crippen LogP contribution in [0.5, 0.6) is 5.75 Å². The van der Waals surface area contributed by atoms with E-state index in [-0.39, 0.29) is 12.6 Å². The second-order valence-electron chi connectivity index (χ2n) is 6.32. The summed E-state index contributed by atoms with van der Waals surface area (Å²) in [5.41, 5.74) is 1.04. The number of ether oxygens (including phenoxy) is 1. The Balaban J connectivity index is 1.53. The van der Waals surface area contributed by atoms with Crippen molar-refractivity contribution in [2.24, 2.45) is 0 Å². The van der Waals surface area contributed by atoms with Crippen molar-refractivity contribution >= 4 is 17.8 Å². The van der Waals surface area contributed by atoms with Crippen LogP contribution in [-0.4, -0.2) is 46.8 Å². The molecule has 0 radical (unpaired) electrons. The van der Waals surface area contributed by atoms with Gasteiger partial charge in [-0.15, -0.1) is 0 Å². The summed E-state index contributed by atoms with van der Waals surface area (Å²) in [6.07, 6.45) is 4.10. The summed E-state index contributed by atoms with van der Waals surface area (Å²) >= 11 is 0. The van der Waals surface area contributed by atoms with Gasteiger partial charge in [-0.1, -0.05) is 31.0 Å². The molecule has 1 aliphatic heterocycles. The van der Waals surface area contributed by atoms with E-state index in [1.165, 1.54) is 0 Å². The normalized spacial score (nSPS) is 18.8. The van der Waals surface area contributed by atoms with Crippen molar-refractivity contribution < 1.29 is 19.1 Å². The largest absolute Gasteiger partial charge is 0.493 e. The molecule has 1 aliphatic carbocycles. The van der Waals surface area contributed by atoms with Crippen LogP contribution in [0.3, 0.4) is 0 Å². The fourth-order valence-electron chi connectivity index (χ4n) is 3.33. The first-order chi connectivity index (χ1) is 11.6. The number of hydrogen-bond acceptors (Lipinski definition) is 4. The third-order valence-corrected chi connectivity index (χ3v) is 4.65. The summed E-state index contributed by atoms with van der Waals surface area (Å²) in [5, 5.41) is 0. The first-order valence-electron chi connectivity index (χ1n) is 8.47. The van der Waals surface area contributed by atoms with Gasteiger partial charge in [-0.25, -0.2) is 4.79 Å². The second-order valence-corrected chi connectivity index (χ2v) is 6.32. The average Bonchev–Trinajstić information content (AvgIpc) is 3.15. The maximum atomic E-state index is 12.4. The zero-order valence-corrected chi connectivity index (χ0v) is 13.9. The van der Waals surface area contributed by atoms with E-state index in [9.17, 15) is 14.4 Å². The molecule has 6 nitrogen and oxygen atoms in total. The molecule has 24 heavy (non-hydrogen) atoms. The minimum absolute atomic E-state index is 0.109.